The highest BCUT2D eigenvalue weighted by atomic mass is 35.5. The Kier molecular flexibility index (Phi) is 7.05. The molecule has 3 nitrogen and oxygen atoms in total. The van der Waals surface area contributed by atoms with Crippen LogP contribution >= 0.6 is 11.6 Å². The summed E-state index contributed by atoms with van der Waals surface area (Å²) in [4.78, 5) is 7.00. The molecule has 1 aromatic heterocycles. The molecule has 2 aromatic carbocycles. The molecule has 0 aliphatic carbocycles. The van der Waals surface area contributed by atoms with Crippen molar-refractivity contribution in [1.82, 2.24) is 9.88 Å². The highest BCUT2D eigenvalue weighted by molar-refractivity contribution is 6.32. The molecule has 0 amide bonds. The number of aryl methyl sites for hydroxylation is 1. The molecule has 0 saturated carbocycles. The van der Waals surface area contributed by atoms with Gasteiger partial charge in [0.05, 0.1) is 11.3 Å². The fourth-order valence-corrected chi connectivity index (χ4v) is 4.65. The molecular weight excluding hydrogens is 414 g/mol. The second-order valence-corrected chi connectivity index (χ2v) is 8.95. The molecule has 0 N–H and O–H groups in total. The van der Waals surface area contributed by atoms with E-state index in [0.717, 1.165) is 34.8 Å². The van der Waals surface area contributed by atoms with E-state index in [0.29, 0.717) is 17.3 Å². The number of rotatable bonds is 5. The zero-order chi connectivity index (χ0) is 22.5. The van der Waals surface area contributed by atoms with Gasteiger partial charge in [-0.1, -0.05) is 60.5 Å². The second-order valence-electron chi connectivity index (χ2n) is 8.55. The Morgan fingerprint density at radius 1 is 1.16 bits per heavy atom. The molecule has 1 aliphatic heterocycles. The molecule has 162 valence electrons. The summed E-state index contributed by atoms with van der Waals surface area (Å²) in [6.07, 6.45) is 9.46. The van der Waals surface area contributed by atoms with Crippen LogP contribution in [0.1, 0.15) is 54.1 Å². The first-order chi connectivity index (χ1) is 15.6. The van der Waals surface area contributed by atoms with E-state index >= 15 is 0 Å². The summed E-state index contributed by atoms with van der Waals surface area (Å²) < 4.78 is 0. The Hall–Kier alpha value is -2.93. The van der Waals surface area contributed by atoms with E-state index < -0.39 is 0 Å². The number of likely N-dealkylation sites (tertiary alicyclic amines) is 1. The van der Waals surface area contributed by atoms with Crippen LogP contribution in [0.4, 0.5) is 0 Å². The second kappa shape index (κ2) is 10.1. The topological polar surface area (TPSA) is 39.9 Å². The molecule has 4 rings (SSSR count). The minimum Gasteiger partial charge on any atom is -0.296 e. The molecule has 3 aromatic rings. The first kappa shape index (κ1) is 22.3. The van der Waals surface area contributed by atoms with Crippen LogP contribution in [0.25, 0.3) is 23.3 Å². The van der Waals surface area contributed by atoms with E-state index in [1.54, 1.807) is 6.20 Å². The van der Waals surface area contributed by atoms with Crippen LogP contribution in [0.3, 0.4) is 0 Å². The average molecular weight is 442 g/mol. The average Bonchev–Trinajstić information content (AvgIpc) is 2.82. The fourth-order valence-electron chi connectivity index (χ4n) is 4.40. The number of halogens is 1. The van der Waals surface area contributed by atoms with Crippen molar-refractivity contribution in [3.63, 3.8) is 0 Å². The van der Waals surface area contributed by atoms with E-state index in [2.05, 4.69) is 41.9 Å². The van der Waals surface area contributed by atoms with Crippen molar-refractivity contribution in [2.75, 3.05) is 6.54 Å². The van der Waals surface area contributed by atoms with Crippen molar-refractivity contribution >= 4 is 23.8 Å². The van der Waals surface area contributed by atoms with Gasteiger partial charge >= 0.3 is 0 Å². The van der Waals surface area contributed by atoms with Crippen molar-refractivity contribution in [3.8, 4) is 17.2 Å². The predicted octanol–water partition coefficient (Wildman–Crippen LogP) is 7.13. The summed E-state index contributed by atoms with van der Waals surface area (Å²) >= 11 is 6.67. The van der Waals surface area contributed by atoms with Gasteiger partial charge in [-0.05, 0) is 73.7 Å². The molecule has 1 fully saturated rings. The lowest BCUT2D eigenvalue weighted by Crippen LogP contribution is -2.36. The predicted molar refractivity (Wildman–Crippen MR) is 133 cm³/mol. The van der Waals surface area contributed by atoms with Gasteiger partial charge < -0.3 is 0 Å². The number of hydrogen-bond donors (Lipinski definition) is 0. The lowest BCUT2D eigenvalue weighted by Gasteiger charge is -2.33. The molecule has 0 bridgehead atoms. The summed E-state index contributed by atoms with van der Waals surface area (Å²) in [5.41, 5.74) is 6.56. The molecular formula is C28H28ClN3. The zero-order valence-corrected chi connectivity index (χ0v) is 19.4. The summed E-state index contributed by atoms with van der Waals surface area (Å²) in [7, 11) is 0. The van der Waals surface area contributed by atoms with Crippen LogP contribution in [0.15, 0.2) is 54.7 Å². The number of hydrogen-bond acceptors (Lipinski definition) is 3. The Morgan fingerprint density at radius 2 is 1.97 bits per heavy atom. The summed E-state index contributed by atoms with van der Waals surface area (Å²) in [5, 5.41) is 10.5. The number of aromatic nitrogens is 1. The third-order valence-electron chi connectivity index (χ3n) is 6.37. The molecule has 0 spiro atoms. The van der Waals surface area contributed by atoms with Crippen molar-refractivity contribution in [2.24, 2.45) is 0 Å². The zero-order valence-electron chi connectivity index (χ0n) is 18.7. The van der Waals surface area contributed by atoms with Gasteiger partial charge in [-0.2, -0.15) is 5.26 Å². The molecule has 0 unspecified atom stereocenters. The van der Waals surface area contributed by atoms with Crippen molar-refractivity contribution in [2.45, 2.75) is 45.7 Å². The van der Waals surface area contributed by atoms with Crippen LogP contribution in [0, 0.1) is 18.3 Å². The first-order valence-corrected chi connectivity index (χ1v) is 11.6. The standard InChI is InChI=1S/C28H28ClN3/c1-20-16-23(27(29)17-24(20)19-32-15-7-6-8-21(32)2)11-12-28-26(18-30)25(13-14-31-28)22-9-4-3-5-10-22/h3-5,9-14,16-17,21H,6-8,15,19H2,1-2H3/b12-11+/t21-/m1/s1. The summed E-state index contributed by atoms with van der Waals surface area (Å²) in [6, 6.07) is 19.0. The van der Waals surface area contributed by atoms with Crippen molar-refractivity contribution in [3.05, 3.63) is 87.7 Å². The Labute approximate surface area is 196 Å². The van der Waals surface area contributed by atoms with E-state index in [1.807, 2.05) is 48.6 Å². The molecule has 1 atom stereocenters. The van der Waals surface area contributed by atoms with Gasteiger partial charge in [0.1, 0.15) is 6.07 Å². The lowest BCUT2D eigenvalue weighted by molar-refractivity contribution is 0.152. The minimum absolute atomic E-state index is 0.568. The van der Waals surface area contributed by atoms with Crippen LogP contribution < -0.4 is 0 Å². The molecule has 1 saturated heterocycles. The van der Waals surface area contributed by atoms with Crippen LogP contribution in [0.2, 0.25) is 5.02 Å². The van der Waals surface area contributed by atoms with Gasteiger partial charge in [0.25, 0.3) is 0 Å². The SMILES string of the molecule is Cc1cc(/C=C/c2nccc(-c3ccccc3)c2C#N)c(Cl)cc1CN1CCCC[C@H]1C. The number of nitrogens with zero attached hydrogens (tertiary/aromatic N) is 3. The summed E-state index contributed by atoms with van der Waals surface area (Å²) in [6.45, 7) is 6.55. The normalized spacial score (nSPS) is 16.9. The van der Waals surface area contributed by atoms with Crippen LogP contribution in [-0.4, -0.2) is 22.5 Å². The number of pyridine rings is 1. The third kappa shape index (κ3) is 4.93. The highest BCUT2D eigenvalue weighted by Gasteiger charge is 2.19. The van der Waals surface area contributed by atoms with Gasteiger partial charge in [0.15, 0.2) is 0 Å². The largest absolute Gasteiger partial charge is 0.296 e. The summed E-state index contributed by atoms with van der Waals surface area (Å²) in [5.74, 6) is 0. The fraction of sp³-hybridized carbons (Fsp3) is 0.286. The molecule has 1 aliphatic rings. The van der Waals surface area contributed by atoms with Crippen molar-refractivity contribution < 1.29 is 0 Å². The van der Waals surface area contributed by atoms with Gasteiger partial charge in [-0.3, -0.25) is 9.88 Å². The Balaban J connectivity index is 1.60. The molecule has 32 heavy (non-hydrogen) atoms. The smallest absolute Gasteiger partial charge is 0.102 e. The van der Waals surface area contributed by atoms with Gasteiger partial charge in [0, 0.05) is 29.4 Å². The van der Waals surface area contributed by atoms with E-state index in [-0.39, 0.29) is 0 Å². The van der Waals surface area contributed by atoms with Gasteiger partial charge in [0.2, 0.25) is 0 Å². The monoisotopic (exact) mass is 441 g/mol. The van der Waals surface area contributed by atoms with E-state index in [1.165, 1.54) is 30.4 Å². The molecule has 0 radical (unpaired) electrons. The maximum atomic E-state index is 9.82. The molecule has 4 heteroatoms. The minimum atomic E-state index is 0.568. The van der Waals surface area contributed by atoms with Gasteiger partial charge in [-0.25, -0.2) is 0 Å². The van der Waals surface area contributed by atoms with Gasteiger partial charge in [-0.15, -0.1) is 0 Å². The Bertz CT molecular complexity index is 1160. The molecule has 2 heterocycles. The van der Waals surface area contributed by atoms with Crippen LogP contribution in [0.5, 0.6) is 0 Å². The maximum absolute atomic E-state index is 9.82. The number of benzene rings is 2. The number of piperidine rings is 1. The van der Waals surface area contributed by atoms with Crippen molar-refractivity contribution in [1.29, 1.82) is 5.26 Å². The lowest BCUT2D eigenvalue weighted by atomic mass is 9.98. The third-order valence-corrected chi connectivity index (χ3v) is 6.69. The quantitative estimate of drug-likeness (QED) is 0.422. The Morgan fingerprint density at radius 3 is 2.72 bits per heavy atom. The van der Waals surface area contributed by atoms with E-state index in [4.69, 9.17) is 11.6 Å². The van der Waals surface area contributed by atoms with Crippen LogP contribution in [-0.2, 0) is 6.54 Å². The van der Waals surface area contributed by atoms with E-state index in [9.17, 15) is 5.26 Å². The first-order valence-electron chi connectivity index (χ1n) is 11.2. The highest BCUT2D eigenvalue weighted by Crippen LogP contribution is 2.28. The maximum Gasteiger partial charge on any atom is 0.102 e. The number of nitriles is 1.